The fraction of sp³-hybridized carbons (Fsp3) is 0.600. The van der Waals surface area contributed by atoms with Gasteiger partial charge in [-0.1, -0.05) is 0 Å². The average Bonchev–Trinajstić information content (AvgIpc) is 2.67. The van der Waals surface area contributed by atoms with Gasteiger partial charge in [-0.15, -0.1) is 0 Å². The van der Waals surface area contributed by atoms with Crippen molar-refractivity contribution in [2.45, 2.75) is 24.5 Å². The molecule has 1 aromatic rings. The summed E-state index contributed by atoms with van der Waals surface area (Å²) in [4.78, 5) is 25.0. The quantitative estimate of drug-likeness (QED) is 0.466. The summed E-state index contributed by atoms with van der Waals surface area (Å²) < 4.78 is 10.8. The largest absolute Gasteiger partial charge is 0.490 e. The Morgan fingerprint density at radius 2 is 2.11 bits per heavy atom. The Hall–Kier alpha value is -1.68. The van der Waals surface area contributed by atoms with Gasteiger partial charge in [0.15, 0.2) is 6.23 Å². The van der Waals surface area contributed by atoms with Crippen LogP contribution in [0.5, 0.6) is 5.75 Å². The molecule has 1 aliphatic rings. The molecule has 19 heavy (non-hydrogen) atoms. The van der Waals surface area contributed by atoms with E-state index < -0.39 is 42.4 Å². The van der Waals surface area contributed by atoms with Crippen LogP contribution in [-0.4, -0.2) is 56.9 Å². The van der Waals surface area contributed by atoms with E-state index >= 15 is 0 Å². The zero-order chi connectivity index (χ0) is 14.2. The number of rotatable bonds is 3. The molecule has 0 saturated carbocycles. The molecule has 0 unspecified atom stereocenters. The molecule has 9 heteroatoms. The van der Waals surface area contributed by atoms with Crippen molar-refractivity contribution in [2.24, 2.45) is 0 Å². The van der Waals surface area contributed by atoms with E-state index in [0.717, 1.165) is 10.8 Å². The number of methoxy groups -OCH3 is 1. The lowest BCUT2D eigenvalue weighted by molar-refractivity contribution is -0.0552. The van der Waals surface area contributed by atoms with Crippen molar-refractivity contribution in [3.05, 3.63) is 27.0 Å². The summed E-state index contributed by atoms with van der Waals surface area (Å²) in [7, 11) is 1.25. The van der Waals surface area contributed by atoms with E-state index in [0.29, 0.717) is 0 Å². The van der Waals surface area contributed by atoms with Gasteiger partial charge in [0.2, 0.25) is 5.75 Å². The predicted octanol–water partition coefficient (Wildman–Crippen LogP) is -2.84. The molecule has 0 amide bonds. The Morgan fingerprint density at radius 1 is 1.42 bits per heavy atom. The number of aliphatic hydroxyl groups excluding tert-OH is 3. The molecule has 2 rings (SSSR count). The summed E-state index contributed by atoms with van der Waals surface area (Å²) in [6.45, 7) is -0.510. The van der Waals surface area contributed by atoms with Crippen molar-refractivity contribution < 1.29 is 24.8 Å². The molecule has 0 radical (unpaired) electrons. The lowest BCUT2D eigenvalue weighted by atomic mass is 10.1. The summed E-state index contributed by atoms with van der Waals surface area (Å²) in [5, 5.41) is 28.4. The molecule has 0 aliphatic carbocycles. The van der Waals surface area contributed by atoms with E-state index in [9.17, 15) is 19.8 Å². The third-order valence-electron chi connectivity index (χ3n) is 2.95. The van der Waals surface area contributed by atoms with Crippen molar-refractivity contribution in [2.75, 3.05) is 13.7 Å². The number of aliphatic hydroxyl groups is 3. The number of ether oxygens (including phenoxy) is 2. The van der Waals surface area contributed by atoms with Crippen molar-refractivity contribution >= 4 is 0 Å². The minimum atomic E-state index is -1.41. The Bertz CT molecular complexity index is 566. The molecule has 0 spiro atoms. The van der Waals surface area contributed by atoms with Crippen molar-refractivity contribution in [3.8, 4) is 5.75 Å². The minimum absolute atomic E-state index is 0.141. The summed E-state index contributed by atoms with van der Waals surface area (Å²) in [6, 6.07) is 0. The van der Waals surface area contributed by atoms with E-state index in [1.807, 2.05) is 4.98 Å². The van der Waals surface area contributed by atoms with Crippen LogP contribution in [0.15, 0.2) is 15.8 Å². The van der Waals surface area contributed by atoms with Crippen LogP contribution in [0.1, 0.15) is 6.23 Å². The lowest BCUT2D eigenvalue weighted by Crippen LogP contribution is -2.38. The Balaban J connectivity index is 2.43. The molecule has 1 saturated heterocycles. The van der Waals surface area contributed by atoms with Crippen LogP contribution in [0.2, 0.25) is 0 Å². The van der Waals surface area contributed by atoms with E-state index in [2.05, 4.69) is 0 Å². The first-order valence-corrected chi connectivity index (χ1v) is 5.51. The molecule has 0 aromatic carbocycles. The molecule has 1 fully saturated rings. The van der Waals surface area contributed by atoms with Gasteiger partial charge >= 0.3 is 5.69 Å². The van der Waals surface area contributed by atoms with Gasteiger partial charge < -0.3 is 24.8 Å². The molecular weight excluding hydrogens is 260 g/mol. The maximum Gasteiger partial charge on any atom is 0.330 e. The molecule has 9 nitrogen and oxygen atoms in total. The van der Waals surface area contributed by atoms with E-state index in [1.165, 1.54) is 7.11 Å². The number of aromatic amines is 1. The zero-order valence-electron chi connectivity index (χ0n) is 10.0. The van der Waals surface area contributed by atoms with Gasteiger partial charge in [0.1, 0.15) is 18.3 Å². The summed E-state index contributed by atoms with van der Waals surface area (Å²) in [5.41, 5.74) is -1.53. The topological polar surface area (TPSA) is 134 Å². The maximum absolute atomic E-state index is 11.7. The molecule has 0 bridgehead atoms. The van der Waals surface area contributed by atoms with Crippen LogP contribution >= 0.6 is 0 Å². The summed E-state index contributed by atoms with van der Waals surface area (Å²) in [6.07, 6.45) is -3.90. The third-order valence-corrected chi connectivity index (χ3v) is 2.95. The Kier molecular flexibility index (Phi) is 3.71. The molecule has 2 heterocycles. The highest BCUT2D eigenvalue weighted by Crippen LogP contribution is 2.28. The van der Waals surface area contributed by atoms with Crippen LogP contribution in [-0.2, 0) is 4.74 Å². The number of nitrogens with one attached hydrogen (secondary N) is 1. The van der Waals surface area contributed by atoms with E-state index in [1.54, 1.807) is 0 Å². The zero-order valence-corrected chi connectivity index (χ0v) is 10.0. The highest BCUT2D eigenvalue weighted by molar-refractivity contribution is 5.12. The second-order valence-corrected chi connectivity index (χ2v) is 4.09. The average molecular weight is 274 g/mol. The first-order chi connectivity index (χ1) is 8.99. The maximum atomic E-state index is 11.7. The monoisotopic (exact) mass is 274 g/mol. The van der Waals surface area contributed by atoms with Gasteiger partial charge in [-0.25, -0.2) is 4.79 Å². The number of aromatic nitrogens is 2. The number of hydrogen-bond donors (Lipinski definition) is 4. The lowest BCUT2D eigenvalue weighted by Gasteiger charge is -2.17. The molecule has 4 atom stereocenters. The van der Waals surface area contributed by atoms with Crippen molar-refractivity contribution in [1.82, 2.24) is 9.55 Å². The molecule has 1 aromatic heterocycles. The Morgan fingerprint density at radius 3 is 2.63 bits per heavy atom. The predicted molar refractivity (Wildman–Crippen MR) is 60.9 cm³/mol. The molecular formula is C10H14N2O7. The second kappa shape index (κ2) is 5.13. The number of hydrogen-bond acceptors (Lipinski definition) is 7. The number of nitrogens with zero attached hydrogens (tertiary/aromatic N) is 1. The fourth-order valence-electron chi connectivity index (χ4n) is 1.91. The van der Waals surface area contributed by atoms with Gasteiger partial charge in [-0.05, 0) is 0 Å². The van der Waals surface area contributed by atoms with Crippen LogP contribution in [0.4, 0.5) is 0 Å². The molecule has 4 N–H and O–H groups in total. The normalized spacial score (nSPS) is 30.5. The van der Waals surface area contributed by atoms with Crippen LogP contribution in [0, 0.1) is 0 Å². The van der Waals surface area contributed by atoms with E-state index in [-0.39, 0.29) is 5.75 Å². The van der Waals surface area contributed by atoms with Gasteiger partial charge in [0.05, 0.1) is 19.9 Å². The molecule has 106 valence electrons. The van der Waals surface area contributed by atoms with Gasteiger partial charge in [-0.2, -0.15) is 0 Å². The SMILES string of the molecule is COc1cn([C@@H]2O[C@H](CO)[C@H](O)[C@H]2O)c(=O)[nH]c1=O. The Labute approximate surface area is 106 Å². The molecule has 1 aliphatic heterocycles. The smallest absolute Gasteiger partial charge is 0.330 e. The van der Waals surface area contributed by atoms with E-state index in [4.69, 9.17) is 14.6 Å². The summed E-state index contributed by atoms with van der Waals surface area (Å²) >= 11 is 0. The fourth-order valence-corrected chi connectivity index (χ4v) is 1.91. The van der Waals surface area contributed by atoms with Gasteiger partial charge in [0, 0.05) is 0 Å². The summed E-state index contributed by atoms with van der Waals surface area (Å²) in [5.74, 6) is -0.141. The number of H-pyrrole nitrogens is 1. The van der Waals surface area contributed by atoms with Crippen LogP contribution < -0.4 is 16.0 Å². The first-order valence-electron chi connectivity index (χ1n) is 5.51. The van der Waals surface area contributed by atoms with Crippen LogP contribution in [0.25, 0.3) is 0 Å². The first kappa shape index (κ1) is 13.7. The third kappa shape index (κ3) is 2.28. The standard InChI is InChI=1S/C10H14N2O7/c1-18-4-2-12(10(17)11-8(4)16)9-7(15)6(14)5(3-13)19-9/h2,5-7,9,13-15H,3H2,1H3,(H,11,16,17)/t5-,6+,7-,9-/m1/s1. The second-order valence-electron chi connectivity index (χ2n) is 4.09. The van der Waals surface area contributed by atoms with Gasteiger partial charge in [-0.3, -0.25) is 14.3 Å². The van der Waals surface area contributed by atoms with Gasteiger partial charge in [0.25, 0.3) is 5.56 Å². The highest BCUT2D eigenvalue weighted by atomic mass is 16.6. The highest BCUT2D eigenvalue weighted by Gasteiger charge is 2.43. The van der Waals surface area contributed by atoms with Crippen molar-refractivity contribution in [1.29, 1.82) is 0 Å². The van der Waals surface area contributed by atoms with Crippen molar-refractivity contribution in [3.63, 3.8) is 0 Å². The van der Waals surface area contributed by atoms with Crippen LogP contribution in [0.3, 0.4) is 0 Å². The minimum Gasteiger partial charge on any atom is -0.490 e.